The third-order valence-corrected chi connectivity index (χ3v) is 8.72. The lowest BCUT2D eigenvalue weighted by Gasteiger charge is -2.36. The summed E-state index contributed by atoms with van der Waals surface area (Å²) in [5.41, 5.74) is 0.846. The molecule has 1 saturated carbocycles. The summed E-state index contributed by atoms with van der Waals surface area (Å²) in [6.45, 7) is 5.51. The third kappa shape index (κ3) is 5.27. The summed E-state index contributed by atoms with van der Waals surface area (Å²) in [7, 11) is 0. The topological polar surface area (TPSA) is 61.6 Å². The molecule has 6 rings (SSSR count). The molecule has 4 aromatic rings. The minimum Gasteiger partial charge on any atom is -0.461 e. The fraction of sp³-hybridized carbons (Fsp3) is 0.448. The van der Waals surface area contributed by atoms with Gasteiger partial charge in [0, 0.05) is 43.0 Å². The number of hydrogen-bond acceptors (Lipinski definition) is 6. The summed E-state index contributed by atoms with van der Waals surface area (Å²) in [4.78, 5) is 17.6. The van der Waals surface area contributed by atoms with Crippen LogP contribution >= 0.6 is 11.5 Å². The van der Waals surface area contributed by atoms with Gasteiger partial charge in [-0.2, -0.15) is 4.37 Å². The number of aromatic nitrogens is 1. The summed E-state index contributed by atoms with van der Waals surface area (Å²) in [6.07, 6.45) is 6.17. The van der Waals surface area contributed by atoms with E-state index in [0.29, 0.717) is 12.5 Å². The molecule has 0 unspecified atom stereocenters. The molecule has 2 aromatic carbocycles. The van der Waals surface area contributed by atoms with Crippen molar-refractivity contribution >= 4 is 44.3 Å². The molecule has 1 aliphatic heterocycles. The van der Waals surface area contributed by atoms with Gasteiger partial charge in [0.15, 0.2) is 0 Å². The van der Waals surface area contributed by atoms with Crippen LogP contribution in [0.15, 0.2) is 59.0 Å². The Morgan fingerprint density at radius 3 is 2.61 bits per heavy atom. The third-order valence-electron chi connectivity index (χ3n) is 7.91. The van der Waals surface area contributed by atoms with Crippen LogP contribution in [0.5, 0.6) is 0 Å². The Hall–Kier alpha value is -2.90. The summed E-state index contributed by atoms with van der Waals surface area (Å²) < 4.78 is 11.8. The van der Waals surface area contributed by atoms with Crippen molar-refractivity contribution in [3.05, 3.63) is 60.4 Å². The minimum atomic E-state index is 0.0725. The van der Waals surface area contributed by atoms with Gasteiger partial charge in [0.1, 0.15) is 17.2 Å². The molecule has 3 heterocycles. The van der Waals surface area contributed by atoms with E-state index in [2.05, 4.69) is 39.4 Å². The van der Waals surface area contributed by atoms with E-state index in [-0.39, 0.29) is 5.91 Å². The second kappa shape index (κ2) is 10.6. The molecule has 36 heavy (non-hydrogen) atoms. The van der Waals surface area contributed by atoms with E-state index >= 15 is 0 Å². The summed E-state index contributed by atoms with van der Waals surface area (Å²) in [5, 5.41) is 5.59. The fourth-order valence-corrected chi connectivity index (χ4v) is 6.60. The van der Waals surface area contributed by atoms with Crippen molar-refractivity contribution in [2.75, 3.05) is 37.6 Å². The molecule has 188 valence electrons. The molecular formula is C29H34N4O2S. The molecule has 2 aliphatic rings. The predicted octanol–water partition coefficient (Wildman–Crippen LogP) is 5.47. The molecule has 0 bridgehead atoms. The van der Waals surface area contributed by atoms with Crippen molar-refractivity contribution in [1.29, 1.82) is 0 Å². The predicted molar refractivity (Wildman–Crippen MR) is 147 cm³/mol. The Labute approximate surface area is 216 Å². The first-order valence-corrected chi connectivity index (χ1v) is 14.1. The van der Waals surface area contributed by atoms with Crippen LogP contribution in [0.4, 0.5) is 5.82 Å². The van der Waals surface area contributed by atoms with Gasteiger partial charge in [0.2, 0.25) is 5.91 Å². The Morgan fingerprint density at radius 1 is 1.00 bits per heavy atom. The van der Waals surface area contributed by atoms with Crippen molar-refractivity contribution in [2.24, 2.45) is 5.92 Å². The molecule has 7 heteroatoms. The van der Waals surface area contributed by atoms with E-state index in [1.165, 1.54) is 35.9 Å². The summed E-state index contributed by atoms with van der Waals surface area (Å²) in [5.74, 6) is 2.75. The van der Waals surface area contributed by atoms with E-state index in [4.69, 9.17) is 8.79 Å². The van der Waals surface area contributed by atoms with Crippen LogP contribution < -0.4 is 10.2 Å². The Morgan fingerprint density at radius 2 is 1.78 bits per heavy atom. The number of furan rings is 1. The van der Waals surface area contributed by atoms with Crippen molar-refractivity contribution in [1.82, 2.24) is 14.6 Å². The van der Waals surface area contributed by atoms with Crippen LogP contribution in [0.25, 0.3) is 21.1 Å². The number of rotatable bonds is 7. The quantitative estimate of drug-likeness (QED) is 0.363. The van der Waals surface area contributed by atoms with Gasteiger partial charge < -0.3 is 14.6 Å². The van der Waals surface area contributed by atoms with E-state index in [1.807, 2.05) is 30.3 Å². The van der Waals surface area contributed by atoms with Crippen LogP contribution in [0.3, 0.4) is 0 Å². The van der Waals surface area contributed by atoms with Crippen molar-refractivity contribution in [3.8, 4) is 0 Å². The number of fused-ring (bicyclic) bond motifs is 2. The average molecular weight is 503 g/mol. The van der Waals surface area contributed by atoms with E-state index in [9.17, 15) is 4.79 Å². The number of nitrogens with zero attached hydrogens (tertiary/aromatic N) is 3. The number of para-hydroxylation sites is 1. The largest absolute Gasteiger partial charge is 0.461 e. The van der Waals surface area contributed by atoms with Crippen LogP contribution in [0, 0.1) is 5.92 Å². The fourth-order valence-electron chi connectivity index (χ4n) is 5.81. The van der Waals surface area contributed by atoms with Crippen LogP contribution in [-0.4, -0.2) is 53.9 Å². The molecule has 6 nitrogen and oxygen atoms in total. The zero-order valence-electron chi connectivity index (χ0n) is 20.7. The first-order valence-electron chi connectivity index (χ1n) is 13.3. The van der Waals surface area contributed by atoms with Crippen LogP contribution in [-0.2, 0) is 11.2 Å². The second-order valence-corrected chi connectivity index (χ2v) is 11.1. The van der Waals surface area contributed by atoms with E-state index in [1.54, 1.807) is 11.5 Å². The first-order chi connectivity index (χ1) is 17.7. The number of amides is 1. The molecule has 0 atom stereocenters. The van der Waals surface area contributed by atoms with Gasteiger partial charge in [-0.3, -0.25) is 9.69 Å². The Balaban J connectivity index is 0.905. The maximum atomic E-state index is 12.6. The van der Waals surface area contributed by atoms with Crippen LogP contribution in [0.2, 0.25) is 0 Å². The smallest absolute Gasteiger partial charge is 0.227 e. The Kier molecular flexibility index (Phi) is 6.92. The van der Waals surface area contributed by atoms with Gasteiger partial charge in [-0.1, -0.05) is 30.3 Å². The normalized spacial score (nSPS) is 21.3. The van der Waals surface area contributed by atoms with Crippen molar-refractivity contribution < 1.29 is 9.21 Å². The average Bonchev–Trinajstić information content (AvgIpc) is 3.52. The number of benzene rings is 2. The number of nitrogens with one attached hydrogen (secondary N) is 1. The minimum absolute atomic E-state index is 0.0725. The molecule has 1 amide bonds. The maximum Gasteiger partial charge on any atom is 0.227 e. The standard InChI is InChI=1S/C29H34N4O2S/c34-28(20-24-19-22-5-1-3-7-26(22)35-24)30-23-11-9-21(10-12-23)13-14-32-15-17-33(18-16-32)29-25-6-2-4-8-27(25)36-31-29/h1-8,19,21,23H,9-18,20H2,(H,30,34). The lowest BCUT2D eigenvalue weighted by atomic mass is 9.84. The molecule has 0 radical (unpaired) electrons. The number of carbonyl (C=O) groups excluding carboxylic acids is 1. The highest BCUT2D eigenvalue weighted by molar-refractivity contribution is 7.13. The zero-order valence-corrected chi connectivity index (χ0v) is 21.5. The van der Waals surface area contributed by atoms with E-state index < -0.39 is 0 Å². The lowest BCUT2D eigenvalue weighted by molar-refractivity contribution is -0.121. The van der Waals surface area contributed by atoms with Crippen LogP contribution in [0.1, 0.15) is 37.9 Å². The molecule has 2 aromatic heterocycles. The van der Waals surface area contributed by atoms with Crippen molar-refractivity contribution in [2.45, 2.75) is 44.6 Å². The van der Waals surface area contributed by atoms with Crippen molar-refractivity contribution in [3.63, 3.8) is 0 Å². The molecule has 1 saturated heterocycles. The van der Waals surface area contributed by atoms with Gasteiger partial charge in [-0.25, -0.2) is 0 Å². The highest BCUT2D eigenvalue weighted by Gasteiger charge is 2.25. The number of carbonyl (C=O) groups is 1. The highest BCUT2D eigenvalue weighted by atomic mass is 32.1. The maximum absolute atomic E-state index is 12.6. The number of anilines is 1. The summed E-state index contributed by atoms with van der Waals surface area (Å²) >= 11 is 1.61. The number of piperazine rings is 1. The molecule has 1 N–H and O–H groups in total. The molecule has 0 spiro atoms. The van der Waals surface area contributed by atoms with Gasteiger partial charge in [-0.05, 0) is 80.4 Å². The lowest BCUT2D eigenvalue weighted by Crippen LogP contribution is -2.47. The highest BCUT2D eigenvalue weighted by Crippen LogP contribution is 2.31. The Bertz CT molecular complexity index is 1280. The SMILES string of the molecule is O=C(Cc1cc2ccccc2o1)NC1CCC(CCN2CCN(c3nsc4ccccc34)CC2)CC1. The molecule has 1 aliphatic carbocycles. The second-order valence-electron chi connectivity index (χ2n) is 10.3. The van der Waals surface area contributed by atoms with Gasteiger partial charge in [-0.15, -0.1) is 0 Å². The zero-order chi connectivity index (χ0) is 24.3. The van der Waals surface area contributed by atoms with E-state index in [0.717, 1.165) is 67.5 Å². The first kappa shape index (κ1) is 23.5. The molecular weight excluding hydrogens is 468 g/mol. The summed E-state index contributed by atoms with van der Waals surface area (Å²) in [6, 6.07) is 18.7. The van der Waals surface area contributed by atoms with Gasteiger partial charge in [0.25, 0.3) is 0 Å². The molecule has 2 fully saturated rings. The number of hydrogen-bond donors (Lipinski definition) is 1. The van der Waals surface area contributed by atoms with Gasteiger partial charge >= 0.3 is 0 Å². The monoisotopic (exact) mass is 502 g/mol. The van der Waals surface area contributed by atoms with Gasteiger partial charge in [0.05, 0.1) is 11.1 Å².